The number of hydrogen-bond acceptors (Lipinski definition) is 5. The summed E-state index contributed by atoms with van der Waals surface area (Å²) in [6, 6.07) is 3.33. The van der Waals surface area contributed by atoms with Gasteiger partial charge in [-0.2, -0.15) is 0 Å². The van der Waals surface area contributed by atoms with E-state index in [0.717, 1.165) is 11.3 Å². The Morgan fingerprint density at radius 1 is 1.38 bits per heavy atom. The van der Waals surface area contributed by atoms with Crippen molar-refractivity contribution in [3.63, 3.8) is 0 Å². The highest BCUT2D eigenvalue weighted by molar-refractivity contribution is 7.20. The Morgan fingerprint density at radius 2 is 2.05 bits per heavy atom. The van der Waals surface area contributed by atoms with Gasteiger partial charge in [0.2, 0.25) is 5.43 Å². The highest BCUT2D eigenvalue weighted by Gasteiger charge is 2.22. The molecule has 0 aliphatic carbocycles. The number of aromatic hydroxyl groups is 1. The Balaban J connectivity index is 2.56. The van der Waals surface area contributed by atoms with Crippen LogP contribution >= 0.6 is 22.9 Å². The minimum absolute atomic E-state index is 0.193. The third kappa shape index (κ3) is 2.98. The van der Waals surface area contributed by atoms with Gasteiger partial charge < -0.3 is 15.5 Å². The molecule has 0 aliphatic rings. The quantitative estimate of drug-likeness (QED) is 0.797. The highest BCUT2D eigenvalue weighted by atomic mass is 35.5. The summed E-state index contributed by atoms with van der Waals surface area (Å²) in [5.41, 5.74) is -1.18. The number of carbonyl (C=O) groups excluding carboxylic acids is 1. The summed E-state index contributed by atoms with van der Waals surface area (Å²) in [6.07, 6.45) is 0. The molecule has 0 saturated carbocycles. The molecular weight excluding hydrogens is 318 g/mol. The number of fused-ring (bicyclic) bond motifs is 1. The van der Waals surface area contributed by atoms with Gasteiger partial charge in [-0.25, -0.2) is 0 Å². The number of aliphatic carboxylic acids is 1. The van der Waals surface area contributed by atoms with Crippen LogP contribution in [0.2, 0.25) is 5.02 Å². The standard InChI is InChI=1S/C13H10ClNO5S/c1-5(12(18)19)15-11(17)9-10(16)7-4-6(14)2-3-8(7)21-13(9)20/h2-5,20H,1H3,(H,15,17)(H,18,19). The molecule has 0 saturated heterocycles. The average molecular weight is 328 g/mol. The van der Waals surface area contributed by atoms with E-state index in [2.05, 4.69) is 5.32 Å². The molecule has 0 aliphatic heterocycles. The molecule has 0 radical (unpaired) electrons. The van der Waals surface area contributed by atoms with Crippen LogP contribution in [0.15, 0.2) is 23.0 Å². The third-order valence-corrected chi connectivity index (χ3v) is 3.99. The number of nitrogens with one attached hydrogen (secondary N) is 1. The zero-order valence-electron chi connectivity index (χ0n) is 10.7. The Labute approximate surface area is 127 Å². The number of hydrogen-bond donors (Lipinski definition) is 3. The largest absolute Gasteiger partial charge is 0.499 e. The highest BCUT2D eigenvalue weighted by Crippen LogP contribution is 2.29. The van der Waals surface area contributed by atoms with Crippen LogP contribution in [-0.4, -0.2) is 28.1 Å². The second-order valence-corrected chi connectivity index (χ2v) is 5.75. The van der Waals surface area contributed by atoms with Gasteiger partial charge in [0.05, 0.1) is 0 Å². The first-order valence-electron chi connectivity index (χ1n) is 5.80. The molecular formula is C13H10ClNO5S. The van der Waals surface area contributed by atoms with Gasteiger partial charge in [0, 0.05) is 15.1 Å². The maximum Gasteiger partial charge on any atom is 0.325 e. The van der Waals surface area contributed by atoms with E-state index in [-0.39, 0.29) is 5.39 Å². The maximum atomic E-state index is 12.3. The summed E-state index contributed by atoms with van der Waals surface area (Å²) in [4.78, 5) is 35.0. The second kappa shape index (κ2) is 5.71. The van der Waals surface area contributed by atoms with Crippen molar-refractivity contribution < 1.29 is 19.8 Å². The minimum atomic E-state index is -1.25. The number of benzene rings is 1. The summed E-state index contributed by atoms with van der Waals surface area (Å²) in [7, 11) is 0. The van der Waals surface area contributed by atoms with E-state index in [9.17, 15) is 19.5 Å². The first-order valence-corrected chi connectivity index (χ1v) is 6.99. The predicted octanol–water partition coefficient (Wildman–Crippen LogP) is 1.82. The van der Waals surface area contributed by atoms with Crippen molar-refractivity contribution in [2.45, 2.75) is 13.0 Å². The molecule has 0 spiro atoms. The Morgan fingerprint density at radius 3 is 2.67 bits per heavy atom. The van der Waals surface area contributed by atoms with Crippen LogP contribution < -0.4 is 10.7 Å². The number of carbonyl (C=O) groups is 2. The minimum Gasteiger partial charge on any atom is -0.499 e. The van der Waals surface area contributed by atoms with E-state index in [1.165, 1.54) is 13.0 Å². The Kier molecular flexibility index (Phi) is 4.15. The van der Waals surface area contributed by atoms with Crippen molar-refractivity contribution in [2.24, 2.45) is 0 Å². The summed E-state index contributed by atoms with van der Waals surface area (Å²) in [5, 5.41) is 20.8. The van der Waals surface area contributed by atoms with Crippen molar-refractivity contribution in [1.29, 1.82) is 0 Å². The number of carboxylic acids is 1. The molecule has 3 N–H and O–H groups in total. The predicted molar refractivity (Wildman–Crippen MR) is 79.3 cm³/mol. The topological polar surface area (TPSA) is 104 Å². The van der Waals surface area contributed by atoms with Crippen LogP contribution in [0.4, 0.5) is 0 Å². The van der Waals surface area contributed by atoms with Crippen molar-refractivity contribution in [3.8, 4) is 5.06 Å². The van der Waals surface area contributed by atoms with Gasteiger partial charge in [-0.15, -0.1) is 0 Å². The van der Waals surface area contributed by atoms with Crippen LogP contribution in [0.5, 0.6) is 5.06 Å². The first-order chi connectivity index (χ1) is 9.81. The van der Waals surface area contributed by atoms with Gasteiger partial charge in [0.25, 0.3) is 5.91 Å². The van der Waals surface area contributed by atoms with Crippen LogP contribution in [-0.2, 0) is 4.79 Å². The van der Waals surface area contributed by atoms with Gasteiger partial charge in [-0.3, -0.25) is 14.4 Å². The van der Waals surface area contributed by atoms with E-state index < -0.39 is 34.0 Å². The second-order valence-electron chi connectivity index (χ2n) is 4.29. The summed E-state index contributed by atoms with van der Waals surface area (Å²) in [6.45, 7) is 1.25. The lowest BCUT2D eigenvalue weighted by atomic mass is 10.2. The molecule has 1 aromatic heterocycles. The first kappa shape index (κ1) is 15.3. The lowest BCUT2D eigenvalue weighted by molar-refractivity contribution is -0.138. The smallest absolute Gasteiger partial charge is 0.325 e. The molecule has 1 aromatic carbocycles. The van der Waals surface area contributed by atoms with Gasteiger partial charge in [-0.1, -0.05) is 22.9 Å². The molecule has 0 fully saturated rings. The number of rotatable bonds is 3. The average Bonchev–Trinajstić information content (AvgIpc) is 2.39. The van der Waals surface area contributed by atoms with Crippen molar-refractivity contribution in [3.05, 3.63) is 39.0 Å². The van der Waals surface area contributed by atoms with E-state index in [4.69, 9.17) is 16.7 Å². The van der Waals surface area contributed by atoms with Crippen LogP contribution in [0.25, 0.3) is 10.1 Å². The summed E-state index contributed by atoms with van der Waals surface area (Å²) in [5.74, 6) is -2.19. The number of amides is 1. The zero-order chi connectivity index (χ0) is 15.7. The lowest BCUT2D eigenvalue weighted by Gasteiger charge is -2.10. The molecule has 1 amide bonds. The molecule has 2 rings (SSSR count). The van der Waals surface area contributed by atoms with Crippen molar-refractivity contribution >= 4 is 44.9 Å². The fourth-order valence-electron chi connectivity index (χ4n) is 1.69. The van der Waals surface area contributed by atoms with E-state index >= 15 is 0 Å². The van der Waals surface area contributed by atoms with Gasteiger partial charge in [0.15, 0.2) is 5.06 Å². The fraction of sp³-hybridized carbons (Fsp3) is 0.154. The van der Waals surface area contributed by atoms with E-state index in [1.807, 2.05) is 0 Å². The monoisotopic (exact) mass is 327 g/mol. The van der Waals surface area contributed by atoms with Crippen LogP contribution in [0.3, 0.4) is 0 Å². The van der Waals surface area contributed by atoms with Crippen LogP contribution in [0, 0.1) is 0 Å². The molecule has 21 heavy (non-hydrogen) atoms. The molecule has 1 heterocycles. The normalized spacial score (nSPS) is 12.1. The van der Waals surface area contributed by atoms with Crippen molar-refractivity contribution in [2.75, 3.05) is 0 Å². The van der Waals surface area contributed by atoms with E-state index in [0.29, 0.717) is 9.72 Å². The zero-order valence-corrected chi connectivity index (χ0v) is 12.3. The Bertz CT molecular complexity index is 801. The molecule has 6 nitrogen and oxygen atoms in total. The molecule has 0 bridgehead atoms. The maximum absolute atomic E-state index is 12.3. The molecule has 2 aromatic rings. The summed E-state index contributed by atoms with van der Waals surface area (Å²) < 4.78 is 0.477. The molecule has 1 atom stereocenters. The van der Waals surface area contributed by atoms with Crippen molar-refractivity contribution in [1.82, 2.24) is 5.32 Å². The Hall–Kier alpha value is -2.12. The van der Waals surface area contributed by atoms with Gasteiger partial charge in [-0.05, 0) is 25.1 Å². The molecule has 8 heteroatoms. The van der Waals surface area contributed by atoms with Crippen LogP contribution in [0.1, 0.15) is 17.3 Å². The number of carboxylic acid groups (broad SMARTS) is 1. The lowest BCUT2D eigenvalue weighted by Crippen LogP contribution is -2.40. The number of halogens is 1. The van der Waals surface area contributed by atoms with E-state index in [1.54, 1.807) is 12.1 Å². The third-order valence-electron chi connectivity index (χ3n) is 2.78. The molecule has 110 valence electrons. The van der Waals surface area contributed by atoms with Gasteiger partial charge >= 0.3 is 5.97 Å². The summed E-state index contributed by atoms with van der Waals surface area (Å²) >= 11 is 6.66. The SMILES string of the molecule is CC(NC(=O)c1c(O)sc2ccc(Cl)cc2c1=O)C(=O)O. The van der Waals surface area contributed by atoms with Gasteiger partial charge in [0.1, 0.15) is 11.6 Å². The molecule has 1 unspecified atom stereocenters. The fourth-order valence-corrected chi connectivity index (χ4v) is 2.75.